The fourth-order valence-corrected chi connectivity index (χ4v) is 3.67. The average molecular weight is 322 g/mol. The molecule has 0 atom stereocenters. The fourth-order valence-electron chi connectivity index (χ4n) is 2.54. The first-order valence-corrected chi connectivity index (χ1v) is 8.69. The van der Waals surface area contributed by atoms with Crippen molar-refractivity contribution in [1.82, 2.24) is 19.3 Å². The van der Waals surface area contributed by atoms with Crippen LogP contribution in [0.4, 0.5) is 0 Å². The van der Waals surface area contributed by atoms with E-state index in [0.717, 1.165) is 34.6 Å². The van der Waals surface area contributed by atoms with Crippen LogP contribution in [0.2, 0.25) is 0 Å². The van der Waals surface area contributed by atoms with Gasteiger partial charge < -0.3 is 9.80 Å². The van der Waals surface area contributed by atoms with Crippen LogP contribution in [0.5, 0.6) is 0 Å². The van der Waals surface area contributed by atoms with E-state index in [1.807, 2.05) is 22.9 Å². The Kier molecular flexibility index (Phi) is 4.72. The number of hydrogen-bond donors (Lipinski definition) is 1. The van der Waals surface area contributed by atoms with Crippen LogP contribution in [0.15, 0.2) is 24.7 Å². The van der Waals surface area contributed by atoms with E-state index in [0.29, 0.717) is 0 Å². The maximum absolute atomic E-state index is 5.56. The first-order valence-electron chi connectivity index (χ1n) is 7.30. The Balaban J connectivity index is 1.54. The molecule has 2 aromatic heterocycles. The molecule has 1 aliphatic rings. The number of fused-ring (bicyclic) bond motifs is 1. The quantitative estimate of drug-likeness (QED) is 0.832. The second-order valence-electron chi connectivity index (χ2n) is 5.20. The van der Waals surface area contributed by atoms with E-state index in [4.69, 9.17) is 12.2 Å². The molecule has 0 radical (unpaired) electrons. The predicted octanol–water partition coefficient (Wildman–Crippen LogP) is 0.468. The zero-order valence-electron chi connectivity index (χ0n) is 12.2. The molecule has 1 N–H and O–H groups in total. The first-order chi connectivity index (χ1) is 10.3. The van der Waals surface area contributed by atoms with Crippen molar-refractivity contribution in [3.8, 4) is 0 Å². The van der Waals surface area contributed by atoms with Crippen molar-refractivity contribution in [1.29, 1.82) is 0 Å². The van der Waals surface area contributed by atoms with Gasteiger partial charge in [-0.25, -0.2) is 9.97 Å². The molecule has 112 valence electrons. The summed E-state index contributed by atoms with van der Waals surface area (Å²) in [6.45, 7) is 7.98. The molecule has 1 saturated heterocycles. The number of imidazole rings is 1. The molecule has 5 nitrogen and oxygen atoms in total. The number of quaternary nitrogens is 1. The molecule has 0 unspecified atom stereocenters. The summed E-state index contributed by atoms with van der Waals surface area (Å²) in [5.74, 6) is 1.56. The highest BCUT2D eigenvalue weighted by atomic mass is 32.2. The lowest BCUT2D eigenvalue weighted by molar-refractivity contribution is -0.902. The summed E-state index contributed by atoms with van der Waals surface area (Å²) in [7, 11) is 0. The molecule has 21 heavy (non-hydrogen) atoms. The van der Waals surface area contributed by atoms with Crippen LogP contribution in [0.3, 0.4) is 0 Å². The molecule has 0 bridgehead atoms. The molecule has 3 heterocycles. The van der Waals surface area contributed by atoms with Gasteiger partial charge in [-0.1, -0.05) is 24.0 Å². The van der Waals surface area contributed by atoms with Gasteiger partial charge in [0, 0.05) is 24.3 Å². The van der Waals surface area contributed by atoms with Gasteiger partial charge in [0.25, 0.3) is 0 Å². The van der Waals surface area contributed by atoms with Crippen LogP contribution in [-0.2, 0) is 5.75 Å². The summed E-state index contributed by atoms with van der Waals surface area (Å²) in [6, 6.07) is 1.91. The Bertz CT molecular complexity index is 586. The molecule has 0 aliphatic carbocycles. The fraction of sp³-hybridized carbons (Fsp3) is 0.500. The normalized spacial score (nSPS) is 16.5. The van der Waals surface area contributed by atoms with E-state index in [1.165, 1.54) is 19.6 Å². The number of thioether (sulfide) groups is 1. The van der Waals surface area contributed by atoms with Crippen molar-refractivity contribution < 1.29 is 4.90 Å². The zero-order valence-corrected chi connectivity index (χ0v) is 13.8. The predicted molar refractivity (Wildman–Crippen MR) is 89.7 cm³/mol. The van der Waals surface area contributed by atoms with Crippen LogP contribution in [-0.4, -0.2) is 56.3 Å². The summed E-state index contributed by atoms with van der Waals surface area (Å²) in [5.41, 5.74) is 1.03. The maximum Gasteiger partial charge on any atom is 0.233 e. The largest absolute Gasteiger partial charge is 0.346 e. The molecular formula is C14H20N5S2+. The number of aromatic nitrogens is 3. The molecule has 7 heteroatoms. The highest BCUT2D eigenvalue weighted by Crippen LogP contribution is 2.16. The van der Waals surface area contributed by atoms with Crippen LogP contribution in [0.1, 0.15) is 12.6 Å². The Hall–Kier alpha value is -1.18. The number of nitrogens with one attached hydrogen (secondary N) is 1. The Morgan fingerprint density at radius 3 is 2.95 bits per heavy atom. The smallest absolute Gasteiger partial charge is 0.233 e. The maximum atomic E-state index is 5.56. The van der Waals surface area contributed by atoms with Gasteiger partial charge in [-0.05, 0) is 13.0 Å². The monoisotopic (exact) mass is 322 g/mol. The highest BCUT2D eigenvalue weighted by Gasteiger charge is 2.20. The Morgan fingerprint density at radius 2 is 2.24 bits per heavy atom. The number of piperazine rings is 1. The van der Waals surface area contributed by atoms with Crippen molar-refractivity contribution in [2.75, 3.05) is 32.7 Å². The minimum Gasteiger partial charge on any atom is -0.346 e. The van der Waals surface area contributed by atoms with Crippen molar-refractivity contribution in [2.24, 2.45) is 0 Å². The lowest BCUT2D eigenvalue weighted by atomic mass is 10.3. The third-order valence-corrected chi connectivity index (χ3v) is 5.41. The van der Waals surface area contributed by atoms with Gasteiger partial charge >= 0.3 is 0 Å². The third-order valence-electron chi connectivity index (χ3n) is 3.86. The van der Waals surface area contributed by atoms with Gasteiger partial charge in [-0.15, -0.1) is 0 Å². The zero-order chi connectivity index (χ0) is 14.7. The molecule has 0 amide bonds. The van der Waals surface area contributed by atoms with Crippen molar-refractivity contribution in [2.45, 2.75) is 12.7 Å². The molecular weight excluding hydrogens is 302 g/mol. The van der Waals surface area contributed by atoms with Gasteiger partial charge in [0.15, 0.2) is 0 Å². The molecule has 0 saturated carbocycles. The topological polar surface area (TPSA) is 37.9 Å². The van der Waals surface area contributed by atoms with Crippen LogP contribution >= 0.6 is 24.0 Å². The van der Waals surface area contributed by atoms with Crippen LogP contribution in [0, 0.1) is 0 Å². The summed E-state index contributed by atoms with van der Waals surface area (Å²) in [5, 5.41) is 0. The number of likely N-dealkylation sites (N-methyl/N-ethyl adjacent to an activating group) is 1. The van der Waals surface area contributed by atoms with E-state index in [1.54, 1.807) is 22.9 Å². The number of hydrogen-bond acceptors (Lipinski definition) is 4. The van der Waals surface area contributed by atoms with E-state index in [-0.39, 0.29) is 0 Å². The molecule has 1 fully saturated rings. The minimum absolute atomic E-state index is 0.749. The van der Waals surface area contributed by atoms with Gasteiger partial charge in [0.05, 0.1) is 38.4 Å². The van der Waals surface area contributed by atoms with E-state index < -0.39 is 0 Å². The number of rotatable bonds is 3. The lowest BCUT2D eigenvalue weighted by Gasteiger charge is -2.32. The summed E-state index contributed by atoms with van der Waals surface area (Å²) in [4.78, 5) is 12.7. The van der Waals surface area contributed by atoms with Crippen LogP contribution in [0.25, 0.3) is 5.78 Å². The SMILES string of the molecule is CC[NH+]1CCN(C(=S)SCc2cn3cccnc3n2)CC1. The molecule has 0 aromatic carbocycles. The Labute approximate surface area is 134 Å². The number of thiocarbonyl (C=S) groups is 1. The van der Waals surface area contributed by atoms with E-state index >= 15 is 0 Å². The van der Waals surface area contributed by atoms with Crippen LogP contribution < -0.4 is 4.90 Å². The Morgan fingerprint density at radius 1 is 1.43 bits per heavy atom. The molecule has 0 spiro atoms. The second kappa shape index (κ2) is 6.72. The lowest BCUT2D eigenvalue weighted by Crippen LogP contribution is -3.14. The van der Waals surface area contributed by atoms with Gasteiger partial charge in [0.1, 0.15) is 4.32 Å². The summed E-state index contributed by atoms with van der Waals surface area (Å²) >= 11 is 7.26. The van der Waals surface area contributed by atoms with Gasteiger partial charge in [-0.3, -0.25) is 4.40 Å². The molecule has 2 aromatic rings. The van der Waals surface area contributed by atoms with Crippen molar-refractivity contribution in [3.05, 3.63) is 30.4 Å². The van der Waals surface area contributed by atoms with Crippen molar-refractivity contribution >= 4 is 34.1 Å². The van der Waals surface area contributed by atoms with E-state index in [2.05, 4.69) is 21.8 Å². The average Bonchev–Trinajstić information content (AvgIpc) is 2.95. The summed E-state index contributed by atoms with van der Waals surface area (Å²) < 4.78 is 2.94. The standard InChI is InChI=1S/C14H19N5S2/c1-2-17-6-8-18(9-7-17)14(20)21-11-12-10-19-5-3-4-15-13(19)16-12/h3-5,10H,2,6-9,11H2,1H3/p+1. The minimum atomic E-state index is 0.749. The molecule has 1 aliphatic heterocycles. The van der Waals surface area contributed by atoms with Gasteiger partial charge in [0.2, 0.25) is 5.78 Å². The highest BCUT2D eigenvalue weighted by molar-refractivity contribution is 8.22. The van der Waals surface area contributed by atoms with Gasteiger partial charge in [-0.2, -0.15) is 0 Å². The first kappa shape index (κ1) is 14.7. The molecule has 3 rings (SSSR count). The van der Waals surface area contributed by atoms with E-state index in [9.17, 15) is 0 Å². The third kappa shape index (κ3) is 3.53. The second-order valence-corrected chi connectivity index (χ2v) is 6.81. The summed E-state index contributed by atoms with van der Waals surface area (Å²) in [6.07, 6.45) is 5.76. The van der Waals surface area contributed by atoms with Crippen molar-refractivity contribution in [3.63, 3.8) is 0 Å². The number of nitrogens with zero attached hydrogens (tertiary/aromatic N) is 4.